The fourth-order valence-electron chi connectivity index (χ4n) is 7.29. The number of hydrogen-bond acceptors (Lipinski definition) is 1. The Morgan fingerprint density at radius 1 is 0.354 bits per heavy atom. The lowest BCUT2D eigenvalue weighted by Gasteiger charge is -2.32. The number of para-hydroxylation sites is 3. The van der Waals surface area contributed by atoms with Crippen LogP contribution in [0.2, 0.25) is 0 Å². The van der Waals surface area contributed by atoms with Crippen LogP contribution in [-0.4, -0.2) is 4.57 Å². The zero-order chi connectivity index (χ0) is 31.9. The van der Waals surface area contributed by atoms with Gasteiger partial charge in [0.15, 0.2) is 0 Å². The summed E-state index contributed by atoms with van der Waals surface area (Å²) in [6, 6.07) is 69.9. The van der Waals surface area contributed by atoms with Crippen molar-refractivity contribution in [3.63, 3.8) is 0 Å². The van der Waals surface area contributed by atoms with Crippen LogP contribution in [0.15, 0.2) is 194 Å². The Kier molecular flexibility index (Phi) is 6.84. The van der Waals surface area contributed by atoms with Crippen molar-refractivity contribution >= 4 is 49.6 Å². The first-order valence-corrected chi connectivity index (χ1v) is 16.5. The summed E-state index contributed by atoms with van der Waals surface area (Å²) in [5, 5.41) is 4.83. The zero-order valence-electron chi connectivity index (χ0n) is 26.4. The Balaban J connectivity index is 1.46. The van der Waals surface area contributed by atoms with Gasteiger partial charge < -0.3 is 9.47 Å². The summed E-state index contributed by atoms with van der Waals surface area (Å²) in [5.41, 5.74) is 11.6. The van der Waals surface area contributed by atoms with Gasteiger partial charge in [-0.3, -0.25) is 0 Å². The van der Waals surface area contributed by atoms with Gasteiger partial charge in [-0.05, 0) is 52.9 Å². The van der Waals surface area contributed by atoms with Crippen LogP contribution in [0.5, 0.6) is 0 Å². The first-order valence-electron chi connectivity index (χ1n) is 16.5. The highest BCUT2D eigenvalue weighted by atomic mass is 15.2. The third-order valence-corrected chi connectivity index (χ3v) is 9.37. The summed E-state index contributed by atoms with van der Waals surface area (Å²) in [6.07, 6.45) is 0. The molecule has 1 aromatic heterocycles. The van der Waals surface area contributed by atoms with Crippen molar-refractivity contribution in [2.75, 3.05) is 4.90 Å². The van der Waals surface area contributed by atoms with E-state index in [4.69, 9.17) is 0 Å². The number of aromatic nitrogens is 1. The molecular weight excluding hydrogens is 581 g/mol. The predicted molar refractivity (Wildman–Crippen MR) is 204 cm³/mol. The number of benzene rings is 8. The lowest BCUT2D eigenvalue weighted by molar-refractivity contribution is 1.18. The molecule has 8 aromatic carbocycles. The average Bonchev–Trinajstić information content (AvgIpc) is 3.51. The molecule has 0 unspecified atom stereocenters. The Bertz CT molecular complexity index is 2550. The number of fused-ring (bicyclic) bond motifs is 4. The molecule has 9 rings (SSSR count). The van der Waals surface area contributed by atoms with Gasteiger partial charge in [-0.2, -0.15) is 0 Å². The second-order valence-electron chi connectivity index (χ2n) is 12.1. The number of nitrogens with zero attached hydrogens (tertiary/aromatic N) is 2. The van der Waals surface area contributed by atoms with Crippen LogP contribution in [0.25, 0.3) is 60.5 Å². The van der Waals surface area contributed by atoms with Gasteiger partial charge in [-0.25, -0.2) is 0 Å². The first-order chi connectivity index (χ1) is 23.9. The highest BCUT2D eigenvalue weighted by Gasteiger charge is 2.26. The van der Waals surface area contributed by atoms with Crippen LogP contribution in [0.3, 0.4) is 0 Å². The molecule has 0 bridgehead atoms. The smallest absolute Gasteiger partial charge is 0.0618 e. The van der Waals surface area contributed by atoms with Gasteiger partial charge in [-0.15, -0.1) is 0 Å². The highest BCUT2D eigenvalue weighted by Crippen LogP contribution is 2.50. The molecule has 2 nitrogen and oxygen atoms in total. The Labute approximate surface area is 280 Å². The highest BCUT2D eigenvalue weighted by molar-refractivity contribution is 6.19. The van der Waals surface area contributed by atoms with E-state index in [1.54, 1.807) is 0 Å². The topological polar surface area (TPSA) is 8.17 Å². The lowest BCUT2D eigenvalue weighted by Crippen LogP contribution is -2.13. The van der Waals surface area contributed by atoms with Gasteiger partial charge in [-0.1, -0.05) is 158 Å². The van der Waals surface area contributed by atoms with E-state index in [1.807, 2.05) is 0 Å². The van der Waals surface area contributed by atoms with Crippen LogP contribution < -0.4 is 4.90 Å². The Hall–Kier alpha value is -6.38. The van der Waals surface area contributed by atoms with Crippen molar-refractivity contribution in [3.05, 3.63) is 194 Å². The molecule has 0 spiro atoms. The van der Waals surface area contributed by atoms with Gasteiger partial charge in [0.25, 0.3) is 0 Å². The average molecular weight is 613 g/mol. The molecule has 0 aliphatic carbocycles. The van der Waals surface area contributed by atoms with Crippen molar-refractivity contribution < 1.29 is 0 Å². The number of rotatable bonds is 6. The van der Waals surface area contributed by atoms with Gasteiger partial charge >= 0.3 is 0 Å². The van der Waals surface area contributed by atoms with E-state index in [0.717, 1.165) is 22.7 Å². The van der Waals surface area contributed by atoms with E-state index in [1.165, 1.54) is 54.8 Å². The van der Waals surface area contributed by atoms with Crippen molar-refractivity contribution in [1.82, 2.24) is 4.57 Å². The van der Waals surface area contributed by atoms with Crippen LogP contribution in [-0.2, 0) is 0 Å². The molecule has 0 aliphatic rings. The normalized spacial score (nSPS) is 11.3. The van der Waals surface area contributed by atoms with Crippen molar-refractivity contribution in [3.8, 4) is 27.9 Å². The van der Waals surface area contributed by atoms with Gasteiger partial charge in [0.05, 0.1) is 28.1 Å². The van der Waals surface area contributed by atoms with E-state index in [9.17, 15) is 0 Å². The quantitative estimate of drug-likeness (QED) is 0.181. The minimum atomic E-state index is 1.13. The second kappa shape index (κ2) is 11.8. The monoisotopic (exact) mass is 612 g/mol. The van der Waals surface area contributed by atoms with Crippen LogP contribution >= 0.6 is 0 Å². The zero-order valence-corrected chi connectivity index (χ0v) is 26.4. The van der Waals surface area contributed by atoms with E-state index in [2.05, 4.69) is 204 Å². The Morgan fingerprint density at radius 2 is 0.917 bits per heavy atom. The molecule has 0 N–H and O–H groups in total. The van der Waals surface area contributed by atoms with E-state index < -0.39 is 0 Å². The SMILES string of the molecule is c1ccc(-c2ccccc2N(c2c(-c3ccccc3)ccc3ccccc23)c2cccc3c2c2ccccc2n3-c2ccccc2)cc1. The summed E-state index contributed by atoms with van der Waals surface area (Å²) in [5.74, 6) is 0. The molecule has 1 heterocycles. The maximum Gasteiger partial charge on any atom is 0.0618 e. The van der Waals surface area contributed by atoms with E-state index >= 15 is 0 Å². The maximum atomic E-state index is 2.52. The number of anilines is 3. The fraction of sp³-hybridized carbons (Fsp3) is 0. The molecule has 0 fully saturated rings. The molecule has 0 radical (unpaired) electrons. The van der Waals surface area contributed by atoms with E-state index in [-0.39, 0.29) is 0 Å². The molecule has 48 heavy (non-hydrogen) atoms. The molecule has 0 saturated heterocycles. The summed E-state index contributed by atoms with van der Waals surface area (Å²) < 4.78 is 2.40. The van der Waals surface area contributed by atoms with Gasteiger partial charge in [0.2, 0.25) is 0 Å². The minimum absolute atomic E-state index is 1.13. The molecular formula is C46H32N2. The number of hydrogen-bond donors (Lipinski definition) is 0. The molecule has 0 saturated carbocycles. The lowest BCUT2D eigenvalue weighted by atomic mass is 9.94. The third kappa shape index (κ3) is 4.58. The summed E-state index contributed by atoms with van der Waals surface area (Å²) in [6.45, 7) is 0. The molecule has 9 aromatic rings. The largest absolute Gasteiger partial charge is 0.309 e. The fourth-order valence-corrected chi connectivity index (χ4v) is 7.29. The summed E-state index contributed by atoms with van der Waals surface area (Å²) in [4.78, 5) is 2.52. The van der Waals surface area contributed by atoms with Crippen molar-refractivity contribution in [1.29, 1.82) is 0 Å². The second-order valence-corrected chi connectivity index (χ2v) is 12.1. The first kappa shape index (κ1) is 27.9. The molecule has 0 atom stereocenters. The predicted octanol–water partition coefficient (Wildman–Crippen LogP) is 12.7. The maximum absolute atomic E-state index is 2.52. The Morgan fingerprint density at radius 3 is 1.69 bits per heavy atom. The van der Waals surface area contributed by atoms with Crippen LogP contribution in [0.1, 0.15) is 0 Å². The van der Waals surface area contributed by atoms with Gasteiger partial charge in [0, 0.05) is 33.0 Å². The van der Waals surface area contributed by atoms with Crippen LogP contribution in [0.4, 0.5) is 17.1 Å². The van der Waals surface area contributed by atoms with E-state index in [0.29, 0.717) is 0 Å². The molecule has 2 heteroatoms. The molecule has 0 aliphatic heterocycles. The molecule has 0 amide bonds. The van der Waals surface area contributed by atoms with Crippen molar-refractivity contribution in [2.24, 2.45) is 0 Å². The minimum Gasteiger partial charge on any atom is -0.309 e. The van der Waals surface area contributed by atoms with Gasteiger partial charge in [0.1, 0.15) is 0 Å². The van der Waals surface area contributed by atoms with Crippen LogP contribution in [0, 0.1) is 0 Å². The van der Waals surface area contributed by atoms with Crippen molar-refractivity contribution in [2.45, 2.75) is 0 Å². The standard InChI is InChI=1S/C46H32N2/c1-4-17-33(18-5-1)37-24-12-14-27-41(37)48(46-38-25-11-10-21-35(38)31-32-39(46)34-19-6-2-7-20-34)44-30-16-29-43-45(44)40-26-13-15-28-42(40)47(43)36-22-8-3-9-23-36/h1-32H. The molecule has 226 valence electrons. The third-order valence-electron chi connectivity index (χ3n) is 9.37. The summed E-state index contributed by atoms with van der Waals surface area (Å²) in [7, 11) is 0. The summed E-state index contributed by atoms with van der Waals surface area (Å²) >= 11 is 0.